The Balaban J connectivity index is 1.99. The predicted molar refractivity (Wildman–Crippen MR) is 107 cm³/mol. The second kappa shape index (κ2) is 8.89. The lowest BCUT2D eigenvalue weighted by Gasteiger charge is -2.15. The van der Waals surface area contributed by atoms with Crippen molar-refractivity contribution in [3.63, 3.8) is 0 Å². The Morgan fingerprint density at radius 2 is 1.89 bits per heavy atom. The molecule has 0 aromatic heterocycles. The average Bonchev–Trinajstić information content (AvgIpc) is 3.06. The summed E-state index contributed by atoms with van der Waals surface area (Å²) in [5.41, 5.74) is 2.79. The maximum absolute atomic E-state index is 12.7. The monoisotopic (exact) mass is 382 g/mol. The lowest BCUT2D eigenvalue weighted by molar-refractivity contribution is 0.0948. The Bertz CT molecular complexity index is 851. The number of carbonyl (C=O) groups excluding carboxylic acids is 2. The van der Waals surface area contributed by atoms with Gasteiger partial charge in [0.05, 0.1) is 5.56 Å². The number of carbonyl (C=O) groups is 2. The fourth-order valence-electron chi connectivity index (χ4n) is 3.59. The molecule has 0 spiro atoms. The average molecular weight is 382 g/mol. The predicted octanol–water partition coefficient (Wildman–Crippen LogP) is 2.73. The Morgan fingerprint density at radius 1 is 1.14 bits per heavy atom. The first-order valence-corrected chi connectivity index (χ1v) is 9.45. The van der Waals surface area contributed by atoms with E-state index in [4.69, 9.17) is 9.47 Å². The van der Waals surface area contributed by atoms with Gasteiger partial charge in [-0.2, -0.15) is 0 Å². The summed E-state index contributed by atoms with van der Waals surface area (Å²) in [4.78, 5) is 25.1. The minimum atomic E-state index is -0.272. The number of rotatable bonds is 7. The van der Waals surface area contributed by atoms with E-state index < -0.39 is 0 Å². The summed E-state index contributed by atoms with van der Waals surface area (Å²) < 4.78 is 11.1. The summed E-state index contributed by atoms with van der Waals surface area (Å²) in [6.45, 7) is 3.07. The fraction of sp³-hybridized carbons (Fsp3) is 0.364. The van der Waals surface area contributed by atoms with Crippen molar-refractivity contribution < 1.29 is 19.1 Å². The molecule has 0 saturated heterocycles. The zero-order valence-electron chi connectivity index (χ0n) is 16.5. The van der Waals surface area contributed by atoms with Gasteiger partial charge in [-0.25, -0.2) is 0 Å². The van der Waals surface area contributed by atoms with Gasteiger partial charge in [0, 0.05) is 44.4 Å². The molecule has 2 atom stereocenters. The van der Waals surface area contributed by atoms with Gasteiger partial charge >= 0.3 is 0 Å². The summed E-state index contributed by atoms with van der Waals surface area (Å²) in [5.74, 6) is 0.0269. The Kier molecular flexibility index (Phi) is 6.31. The van der Waals surface area contributed by atoms with Gasteiger partial charge in [-0.05, 0) is 31.0 Å². The molecule has 6 heteroatoms. The molecule has 0 saturated carbocycles. The smallest absolute Gasteiger partial charge is 0.254 e. The van der Waals surface area contributed by atoms with E-state index >= 15 is 0 Å². The van der Waals surface area contributed by atoms with E-state index in [2.05, 4.69) is 10.6 Å². The third kappa shape index (κ3) is 4.02. The van der Waals surface area contributed by atoms with Crippen molar-refractivity contribution in [2.45, 2.75) is 25.4 Å². The van der Waals surface area contributed by atoms with Crippen molar-refractivity contribution in [2.75, 3.05) is 27.3 Å². The first-order valence-electron chi connectivity index (χ1n) is 9.45. The van der Waals surface area contributed by atoms with Crippen LogP contribution in [-0.2, 0) is 4.74 Å². The van der Waals surface area contributed by atoms with Gasteiger partial charge in [-0.15, -0.1) is 0 Å². The molecule has 1 aliphatic rings. The van der Waals surface area contributed by atoms with Crippen LogP contribution in [0.5, 0.6) is 5.75 Å². The molecule has 0 fully saturated rings. The molecule has 2 N–H and O–H groups in total. The molecule has 2 unspecified atom stereocenters. The van der Waals surface area contributed by atoms with Gasteiger partial charge < -0.3 is 20.1 Å². The van der Waals surface area contributed by atoms with Crippen molar-refractivity contribution in [1.82, 2.24) is 10.6 Å². The summed E-state index contributed by atoms with van der Waals surface area (Å²) in [6, 6.07) is 13.4. The first-order chi connectivity index (χ1) is 13.6. The summed E-state index contributed by atoms with van der Waals surface area (Å²) >= 11 is 0. The molecule has 28 heavy (non-hydrogen) atoms. The third-order valence-electron chi connectivity index (χ3n) is 4.93. The van der Waals surface area contributed by atoms with E-state index in [-0.39, 0.29) is 23.8 Å². The molecule has 2 aromatic rings. The van der Waals surface area contributed by atoms with Crippen LogP contribution in [-0.4, -0.2) is 45.2 Å². The highest BCUT2D eigenvalue weighted by Crippen LogP contribution is 2.44. The van der Waals surface area contributed by atoms with Crippen molar-refractivity contribution in [3.05, 3.63) is 64.7 Å². The number of ether oxygens (including phenoxy) is 2. The van der Waals surface area contributed by atoms with E-state index in [9.17, 15) is 9.59 Å². The van der Waals surface area contributed by atoms with Crippen LogP contribution in [0.3, 0.4) is 0 Å². The largest absolute Gasteiger partial charge is 0.489 e. The van der Waals surface area contributed by atoms with Crippen LogP contribution < -0.4 is 15.4 Å². The van der Waals surface area contributed by atoms with Crippen LogP contribution in [0.2, 0.25) is 0 Å². The van der Waals surface area contributed by atoms with Gasteiger partial charge in [-0.3, -0.25) is 9.59 Å². The molecule has 6 nitrogen and oxygen atoms in total. The highest BCUT2D eigenvalue weighted by molar-refractivity contribution is 6.02. The Hall–Kier alpha value is -2.86. The van der Waals surface area contributed by atoms with Crippen molar-refractivity contribution in [2.24, 2.45) is 0 Å². The quantitative estimate of drug-likeness (QED) is 0.722. The maximum atomic E-state index is 12.7. The van der Waals surface area contributed by atoms with Crippen LogP contribution in [0.1, 0.15) is 51.1 Å². The highest BCUT2D eigenvalue weighted by atomic mass is 16.5. The van der Waals surface area contributed by atoms with Crippen LogP contribution >= 0.6 is 0 Å². The van der Waals surface area contributed by atoms with Gasteiger partial charge in [0.2, 0.25) is 0 Å². The second-order valence-electron chi connectivity index (χ2n) is 6.83. The number of amides is 2. The summed E-state index contributed by atoms with van der Waals surface area (Å²) in [6.07, 6.45) is 0.586. The normalized spacial score (nSPS) is 17.5. The minimum Gasteiger partial charge on any atom is -0.489 e. The molecule has 0 bridgehead atoms. The second-order valence-corrected chi connectivity index (χ2v) is 6.83. The van der Waals surface area contributed by atoms with E-state index in [1.165, 1.54) is 0 Å². The number of hydrogen-bond acceptors (Lipinski definition) is 4. The lowest BCUT2D eigenvalue weighted by Crippen LogP contribution is -2.26. The molecule has 1 heterocycles. The third-order valence-corrected chi connectivity index (χ3v) is 4.93. The van der Waals surface area contributed by atoms with Gasteiger partial charge in [0.25, 0.3) is 11.8 Å². The van der Waals surface area contributed by atoms with Crippen molar-refractivity contribution >= 4 is 11.8 Å². The SMILES string of the molecule is CNC(=O)c1cc(C(=O)NCCCOC)cc2c1OC(C)C2c1ccccc1. The zero-order chi connectivity index (χ0) is 20.1. The molecule has 148 valence electrons. The molecule has 0 aliphatic carbocycles. The van der Waals surface area contributed by atoms with Crippen LogP contribution in [0.4, 0.5) is 0 Å². The number of hydrogen-bond donors (Lipinski definition) is 2. The standard InChI is InChI=1S/C22H26N2O4/c1-14-19(15-8-5-4-6-9-15)17-12-16(21(25)24-10-7-11-27-3)13-18(20(17)28-14)22(26)23-2/h4-6,8-9,12-14,19H,7,10-11H2,1-3H3,(H,23,26)(H,24,25). The summed E-state index contributed by atoms with van der Waals surface area (Å²) in [7, 11) is 3.20. The van der Waals surface area contributed by atoms with Gasteiger partial charge in [0.1, 0.15) is 11.9 Å². The molecular formula is C22H26N2O4. The number of benzene rings is 2. The molecule has 2 aromatic carbocycles. The molecule has 0 radical (unpaired) electrons. The van der Waals surface area contributed by atoms with Gasteiger partial charge in [-0.1, -0.05) is 30.3 Å². The first kappa shape index (κ1) is 19.9. The van der Waals surface area contributed by atoms with Gasteiger partial charge in [0.15, 0.2) is 0 Å². The van der Waals surface area contributed by atoms with Crippen molar-refractivity contribution in [1.29, 1.82) is 0 Å². The topological polar surface area (TPSA) is 76.7 Å². The zero-order valence-corrected chi connectivity index (χ0v) is 16.5. The molecular weight excluding hydrogens is 356 g/mol. The van der Waals surface area contributed by atoms with E-state index in [0.29, 0.717) is 30.0 Å². The highest BCUT2D eigenvalue weighted by Gasteiger charge is 2.36. The molecule has 2 amide bonds. The maximum Gasteiger partial charge on any atom is 0.254 e. The van der Waals surface area contributed by atoms with E-state index in [1.807, 2.05) is 43.3 Å². The van der Waals surface area contributed by atoms with Crippen molar-refractivity contribution in [3.8, 4) is 5.75 Å². The minimum absolute atomic E-state index is 0.0409. The Labute approximate surface area is 165 Å². The van der Waals surface area contributed by atoms with E-state index in [1.54, 1.807) is 20.2 Å². The van der Waals surface area contributed by atoms with Crippen LogP contribution in [0.25, 0.3) is 0 Å². The fourth-order valence-corrected chi connectivity index (χ4v) is 3.59. The number of fused-ring (bicyclic) bond motifs is 1. The van der Waals surface area contributed by atoms with Crippen LogP contribution in [0, 0.1) is 0 Å². The number of nitrogens with one attached hydrogen (secondary N) is 2. The Morgan fingerprint density at radius 3 is 2.57 bits per heavy atom. The molecule has 3 rings (SSSR count). The lowest BCUT2D eigenvalue weighted by atomic mass is 9.87. The number of methoxy groups -OCH3 is 1. The molecule has 1 aliphatic heterocycles. The van der Waals surface area contributed by atoms with E-state index in [0.717, 1.165) is 17.5 Å². The van der Waals surface area contributed by atoms with Crippen LogP contribution in [0.15, 0.2) is 42.5 Å². The summed E-state index contributed by atoms with van der Waals surface area (Å²) in [5, 5.41) is 5.52.